The second-order valence-electron chi connectivity index (χ2n) is 4.90. The zero-order chi connectivity index (χ0) is 16.8. The summed E-state index contributed by atoms with van der Waals surface area (Å²) >= 11 is 2.97. The van der Waals surface area contributed by atoms with Crippen LogP contribution >= 0.6 is 23.5 Å². The summed E-state index contributed by atoms with van der Waals surface area (Å²) in [6.07, 6.45) is 2.01. The molecular formula is C14H28N2O4S2. The van der Waals surface area contributed by atoms with Crippen molar-refractivity contribution in [2.24, 2.45) is 0 Å². The maximum absolute atomic E-state index is 11.4. The molecule has 1 unspecified atom stereocenters. The first-order valence-electron chi connectivity index (χ1n) is 7.35. The van der Waals surface area contributed by atoms with Crippen molar-refractivity contribution in [3.05, 3.63) is 0 Å². The number of nitrogens with one attached hydrogen (secondary N) is 2. The van der Waals surface area contributed by atoms with Crippen molar-refractivity contribution >= 4 is 34.7 Å². The monoisotopic (exact) mass is 352 g/mol. The van der Waals surface area contributed by atoms with Gasteiger partial charge in [0.1, 0.15) is 6.61 Å². The summed E-state index contributed by atoms with van der Waals surface area (Å²) in [7, 11) is 0. The molecular weight excluding hydrogens is 324 g/mol. The normalized spacial score (nSPS) is 12.2. The van der Waals surface area contributed by atoms with Crippen molar-refractivity contribution in [1.29, 1.82) is 0 Å². The fourth-order valence-electron chi connectivity index (χ4n) is 1.26. The SMILES string of the molecule is CSC(C)CNC(=O)COCCOCCNC(=O)SC(C)C. The van der Waals surface area contributed by atoms with E-state index in [-0.39, 0.29) is 23.0 Å². The molecule has 2 amide bonds. The number of carbonyl (C=O) groups excluding carboxylic acids is 2. The Balaban J connectivity index is 3.33. The predicted octanol–water partition coefficient (Wildman–Crippen LogP) is 1.74. The summed E-state index contributed by atoms with van der Waals surface area (Å²) in [6.45, 7) is 8.36. The van der Waals surface area contributed by atoms with E-state index in [4.69, 9.17) is 9.47 Å². The number of amides is 2. The first-order valence-corrected chi connectivity index (χ1v) is 9.52. The second-order valence-corrected chi connectivity index (χ2v) is 7.72. The molecule has 1 atom stereocenters. The van der Waals surface area contributed by atoms with Crippen molar-refractivity contribution in [3.8, 4) is 0 Å². The Morgan fingerprint density at radius 2 is 1.73 bits per heavy atom. The van der Waals surface area contributed by atoms with E-state index in [0.717, 1.165) is 0 Å². The molecule has 0 aromatic heterocycles. The van der Waals surface area contributed by atoms with Gasteiger partial charge >= 0.3 is 0 Å². The van der Waals surface area contributed by atoms with Gasteiger partial charge in [-0.15, -0.1) is 0 Å². The maximum atomic E-state index is 11.4. The molecule has 0 bridgehead atoms. The number of hydrogen-bond acceptors (Lipinski definition) is 6. The van der Waals surface area contributed by atoms with Crippen LogP contribution in [0.15, 0.2) is 0 Å². The molecule has 0 rings (SSSR count). The molecule has 0 aromatic carbocycles. The average Bonchev–Trinajstić information content (AvgIpc) is 2.46. The minimum atomic E-state index is -0.112. The molecule has 6 nitrogen and oxygen atoms in total. The number of thioether (sulfide) groups is 2. The van der Waals surface area contributed by atoms with Crippen molar-refractivity contribution < 1.29 is 19.1 Å². The van der Waals surface area contributed by atoms with Gasteiger partial charge in [-0.3, -0.25) is 9.59 Å². The number of carbonyl (C=O) groups is 2. The van der Waals surface area contributed by atoms with Gasteiger partial charge < -0.3 is 20.1 Å². The molecule has 22 heavy (non-hydrogen) atoms. The van der Waals surface area contributed by atoms with Gasteiger partial charge in [-0.25, -0.2) is 0 Å². The lowest BCUT2D eigenvalue weighted by Gasteiger charge is -2.10. The van der Waals surface area contributed by atoms with Gasteiger partial charge in [0.15, 0.2) is 0 Å². The fraction of sp³-hybridized carbons (Fsp3) is 0.857. The molecule has 0 aliphatic heterocycles. The molecule has 2 N–H and O–H groups in total. The van der Waals surface area contributed by atoms with E-state index >= 15 is 0 Å². The van der Waals surface area contributed by atoms with Gasteiger partial charge in [-0.1, -0.05) is 32.5 Å². The molecule has 0 fully saturated rings. The molecule has 0 saturated carbocycles. The maximum Gasteiger partial charge on any atom is 0.279 e. The van der Waals surface area contributed by atoms with Crippen molar-refractivity contribution in [2.75, 3.05) is 45.8 Å². The van der Waals surface area contributed by atoms with E-state index in [2.05, 4.69) is 17.6 Å². The molecule has 130 valence electrons. The third-order valence-electron chi connectivity index (χ3n) is 2.45. The lowest BCUT2D eigenvalue weighted by Crippen LogP contribution is -2.32. The number of rotatable bonds is 12. The molecule has 0 radical (unpaired) electrons. The van der Waals surface area contributed by atoms with E-state index in [0.29, 0.717) is 38.2 Å². The van der Waals surface area contributed by atoms with Crippen molar-refractivity contribution in [2.45, 2.75) is 31.3 Å². The van der Waals surface area contributed by atoms with Crippen LogP contribution in [0.2, 0.25) is 0 Å². The Morgan fingerprint density at radius 1 is 1.05 bits per heavy atom. The minimum Gasteiger partial charge on any atom is -0.377 e. The average molecular weight is 353 g/mol. The molecule has 0 aliphatic rings. The van der Waals surface area contributed by atoms with E-state index < -0.39 is 0 Å². The van der Waals surface area contributed by atoms with Gasteiger partial charge in [-0.2, -0.15) is 11.8 Å². The Hall–Kier alpha value is -0.440. The first-order chi connectivity index (χ1) is 10.5. The van der Waals surface area contributed by atoms with Crippen LogP contribution in [-0.2, 0) is 14.3 Å². The van der Waals surface area contributed by atoms with Crippen LogP contribution in [0.25, 0.3) is 0 Å². The van der Waals surface area contributed by atoms with Crippen LogP contribution < -0.4 is 10.6 Å². The lowest BCUT2D eigenvalue weighted by atomic mass is 10.4. The Kier molecular flexibility index (Phi) is 13.9. The highest BCUT2D eigenvalue weighted by atomic mass is 32.2. The molecule has 0 spiro atoms. The number of hydrogen-bond donors (Lipinski definition) is 2. The van der Waals surface area contributed by atoms with Crippen LogP contribution in [0.5, 0.6) is 0 Å². The van der Waals surface area contributed by atoms with E-state index in [9.17, 15) is 9.59 Å². The first kappa shape index (κ1) is 21.6. The fourth-order valence-corrected chi connectivity index (χ4v) is 2.12. The Labute approximate surface area is 141 Å². The smallest absolute Gasteiger partial charge is 0.279 e. The summed E-state index contributed by atoms with van der Waals surface area (Å²) in [5, 5.41) is 6.19. The van der Waals surface area contributed by atoms with E-state index in [1.165, 1.54) is 11.8 Å². The van der Waals surface area contributed by atoms with Gasteiger partial charge in [-0.05, 0) is 6.26 Å². The highest BCUT2D eigenvalue weighted by Gasteiger charge is 2.05. The standard InChI is InChI=1S/C14H28N2O4S2/c1-11(2)22-14(18)15-5-6-19-7-8-20-10-13(17)16-9-12(3)21-4/h11-12H,5-10H2,1-4H3,(H,15,18)(H,16,17). The minimum absolute atomic E-state index is 0.0361. The third-order valence-corrected chi connectivity index (χ3v) is 4.25. The van der Waals surface area contributed by atoms with Gasteiger partial charge in [0.2, 0.25) is 5.91 Å². The van der Waals surface area contributed by atoms with Crippen LogP contribution in [0.3, 0.4) is 0 Å². The summed E-state index contributed by atoms with van der Waals surface area (Å²) in [6, 6.07) is 0. The van der Waals surface area contributed by atoms with E-state index in [1.54, 1.807) is 11.8 Å². The van der Waals surface area contributed by atoms with Gasteiger partial charge in [0, 0.05) is 23.6 Å². The summed E-state index contributed by atoms with van der Waals surface area (Å²) in [5.74, 6) is -0.112. The lowest BCUT2D eigenvalue weighted by molar-refractivity contribution is -0.126. The quantitative estimate of drug-likeness (QED) is 0.521. The van der Waals surface area contributed by atoms with Crippen LogP contribution in [0.1, 0.15) is 20.8 Å². The second kappa shape index (κ2) is 14.2. The van der Waals surface area contributed by atoms with Gasteiger partial charge in [0.25, 0.3) is 5.24 Å². The Morgan fingerprint density at radius 3 is 2.36 bits per heavy atom. The van der Waals surface area contributed by atoms with Crippen LogP contribution in [-0.4, -0.2) is 67.4 Å². The molecule has 0 aromatic rings. The van der Waals surface area contributed by atoms with Crippen molar-refractivity contribution in [3.63, 3.8) is 0 Å². The predicted molar refractivity (Wildman–Crippen MR) is 93.8 cm³/mol. The molecule has 0 aliphatic carbocycles. The number of ether oxygens (including phenoxy) is 2. The summed E-state index contributed by atoms with van der Waals surface area (Å²) < 4.78 is 10.5. The summed E-state index contributed by atoms with van der Waals surface area (Å²) in [5.41, 5.74) is 0. The topological polar surface area (TPSA) is 76.7 Å². The third kappa shape index (κ3) is 14.5. The molecule has 8 heteroatoms. The highest BCUT2D eigenvalue weighted by Crippen LogP contribution is 2.08. The zero-order valence-corrected chi connectivity index (χ0v) is 15.5. The largest absolute Gasteiger partial charge is 0.377 e. The molecule has 0 saturated heterocycles. The van der Waals surface area contributed by atoms with Gasteiger partial charge in [0.05, 0.1) is 19.8 Å². The zero-order valence-electron chi connectivity index (χ0n) is 13.8. The van der Waals surface area contributed by atoms with Crippen LogP contribution in [0.4, 0.5) is 4.79 Å². The van der Waals surface area contributed by atoms with Crippen LogP contribution in [0, 0.1) is 0 Å². The summed E-state index contributed by atoms with van der Waals surface area (Å²) in [4.78, 5) is 22.7. The molecule has 0 heterocycles. The van der Waals surface area contributed by atoms with E-state index in [1.807, 2.05) is 20.1 Å². The van der Waals surface area contributed by atoms with Crippen molar-refractivity contribution in [1.82, 2.24) is 10.6 Å². The Bertz CT molecular complexity index is 317. The highest BCUT2D eigenvalue weighted by molar-refractivity contribution is 8.14.